The van der Waals surface area contributed by atoms with Gasteiger partial charge in [0.25, 0.3) is 5.91 Å². The number of aromatic nitrogens is 1. The van der Waals surface area contributed by atoms with E-state index in [1.165, 1.54) is 5.56 Å². The first-order valence-corrected chi connectivity index (χ1v) is 6.07. The molecular formula is C15H18N2O. The summed E-state index contributed by atoms with van der Waals surface area (Å²) in [5.74, 6) is -0.0277. The number of H-pyrrole nitrogens is 1. The lowest BCUT2D eigenvalue weighted by Gasteiger charge is -2.07. The van der Waals surface area contributed by atoms with Gasteiger partial charge >= 0.3 is 0 Å². The summed E-state index contributed by atoms with van der Waals surface area (Å²) in [6.45, 7) is 6.48. The van der Waals surface area contributed by atoms with Crippen LogP contribution >= 0.6 is 0 Å². The second kappa shape index (κ2) is 5.08. The van der Waals surface area contributed by atoms with Crippen molar-refractivity contribution in [3.63, 3.8) is 0 Å². The standard InChI is InChI=1S/C15H18N2O/c1-10-6-4-5-7-13(10)9-16-15(18)14-8-11(2)17-12(14)3/h4-8,17H,9H2,1-3H3,(H,16,18). The van der Waals surface area contributed by atoms with E-state index in [0.717, 1.165) is 22.5 Å². The molecule has 0 aliphatic carbocycles. The van der Waals surface area contributed by atoms with Crippen LogP contribution in [0.15, 0.2) is 30.3 Å². The Hall–Kier alpha value is -2.03. The van der Waals surface area contributed by atoms with Crippen LogP contribution in [0.1, 0.15) is 32.9 Å². The fourth-order valence-corrected chi connectivity index (χ4v) is 2.04. The first kappa shape index (κ1) is 12.4. The predicted molar refractivity (Wildman–Crippen MR) is 72.6 cm³/mol. The SMILES string of the molecule is Cc1cc(C(=O)NCc2ccccc2C)c(C)[nH]1. The third kappa shape index (κ3) is 2.62. The molecule has 18 heavy (non-hydrogen) atoms. The fraction of sp³-hybridized carbons (Fsp3) is 0.267. The highest BCUT2D eigenvalue weighted by Gasteiger charge is 2.11. The van der Waals surface area contributed by atoms with Gasteiger partial charge in [0.15, 0.2) is 0 Å². The van der Waals surface area contributed by atoms with Gasteiger partial charge in [-0.3, -0.25) is 4.79 Å². The Balaban J connectivity index is 2.05. The zero-order valence-corrected chi connectivity index (χ0v) is 11.0. The van der Waals surface area contributed by atoms with Crippen molar-refractivity contribution in [1.82, 2.24) is 10.3 Å². The number of hydrogen-bond acceptors (Lipinski definition) is 1. The molecule has 0 saturated carbocycles. The first-order chi connectivity index (χ1) is 8.58. The van der Waals surface area contributed by atoms with Crippen LogP contribution in [-0.2, 0) is 6.54 Å². The predicted octanol–water partition coefficient (Wildman–Crippen LogP) is 2.87. The number of aromatic amines is 1. The second-order valence-electron chi connectivity index (χ2n) is 4.60. The smallest absolute Gasteiger partial charge is 0.253 e. The van der Waals surface area contributed by atoms with Crippen LogP contribution in [0, 0.1) is 20.8 Å². The third-order valence-corrected chi connectivity index (χ3v) is 3.09. The van der Waals surface area contributed by atoms with Gasteiger partial charge in [0.05, 0.1) is 5.56 Å². The van der Waals surface area contributed by atoms with E-state index in [1.807, 2.05) is 51.1 Å². The molecule has 0 spiro atoms. The molecule has 0 aliphatic rings. The lowest BCUT2D eigenvalue weighted by Crippen LogP contribution is -2.23. The molecule has 3 nitrogen and oxygen atoms in total. The van der Waals surface area contributed by atoms with E-state index in [2.05, 4.69) is 10.3 Å². The highest BCUT2D eigenvalue weighted by molar-refractivity contribution is 5.95. The van der Waals surface area contributed by atoms with Crippen molar-refractivity contribution >= 4 is 5.91 Å². The molecule has 0 saturated heterocycles. The Bertz CT molecular complexity index is 570. The Morgan fingerprint density at radius 2 is 1.94 bits per heavy atom. The van der Waals surface area contributed by atoms with Gasteiger partial charge in [-0.05, 0) is 38.0 Å². The van der Waals surface area contributed by atoms with Crippen LogP contribution in [0.25, 0.3) is 0 Å². The minimum absolute atomic E-state index is 0.0277. The number of aryl methyl sites for hydroxylation is 3. The highest BCUT2D eigenvalue weighted by atomic mass is 16.1. The minimum Gasteiger partial charge on any atom is -0.362 e. The molecule has 2 N–H and O–H groups in total. The monoisotopic (exact) mass is 242 g/mol. The van der Waals surface area contributed by atoms with Crippen molar-refractivity contribution in [1.29, 1.82) is 0 Å². The van der Waals surface area contributed by atoms with Crippen LogP contribution < -0.4 is 5.32 Å². The number of carbonyl (C=O) groups excluding carboxylic acids is 1. The molecule has 0 fully saturated rings. The Morgan fingerprint density at radius 1 is 1.22 bits per heavy atom. The zero-order valence-electron chi connectivity index (χ0n) is 11.0. The van der Waals surface area contributed by atoms with Crippen LogP contribution in [0.4, 0.5) is 0 Å². The average Bonchev–Trinajstić information content (AvgIpc) is 2.67. The molecular weight excluding hydrogens is 224 g/mol. The molecule has 0 bridgehead atoms. The molecule has 1 amide bonds. The second-order valence-corrected chi connectivity index (χ2v) is 4.60. The number of benzene rings is 1. The van der Waals surface area contributed by atoms with Gasteiger partial charge in [0, 0.05) is 17.9 Å². The Labute approximate surface area is 107 Å². The molecule has 0 atom stereocenters. The van der Waals surface area contributed by atoms with Gasteiger partial charge in [-0.1, -0.05) is 24.3 Å². The maximum atomic E-state index is 12.0. The molecule has 0 radical (unpaired) electrons. The third-order valence-electron chi connectivity index (χ3n) is 3.09. The molecule has 1 aromatic carbocycles. The molecule has 3 heteroatoms. The molecule has 1 heterocycles. The maximum Gasteiger partial charge on any atom is 0.253 e. The van der Waals surface area contributed by atoms with Gasteiger partial charge in [-0.2, -0.15) is 0 Å². The fourth-order valence-electron chi connectivity index (χ4n) is 2.04. The molecule has 0 aliphatic heterocycles. The molecule has 94 valence electrons. The molecule has 2 rings (SSSR count). The van der Waals surface area contributed by atoms with Crippen LogP contribution in [0.5, 0.6) is 0 Å². The lowest BCUT2D eigenvalue weighted by molar-refractivity contribution is 0.0950. The topological polar surface area (TPSA) is 44.9 Å². The summed E-state index contributed by atoms with van der Waals surface area (Å²) in [6, 6.07) is 9.95. The van der Waals surface area contributed by atoms with Crippen molar-refractivity contribution in [2.24, 2.45) is 0 Å². The largest absolute Gasteiger partial charge is 0.362 e. The summed E-state index contributed by atoms with van der Waals surface area (Å²) in [6.07, 6.45) is 0. The van der Waals surface area contributed by atoms with Crippen LogP contribution in [0.3, 0.4) is 0 Å². The highest BCUT2D eigenvalue weighted by Crippen LogP contribution is 2.10. The zero-order chi connectivity index (χ0) is 13.1. The van der Waals surface area contributed by atoms with E-state index in [-0.39, 0.29) is 5.91 Å². The van der Waals surface area contributed by atoms with Gasteiger partial charge in [0.2, 0.25) is 0 Å². The van der Waals surface area contributed by atoms with E-state index < -0.39 is 0 Å². The normalized spacial score (nSPS) is 10.4. The molecule has 1 aromatic heterocycles. The Kier molecular flexibility index (Phi) is 3.51. The Morgan fingerprint density at radius 3 is 2.56 bits per heavy atom. The first-order valence-electron chi connectivity index (χ1n) is 6.07. The van der Waals surface area contributed by atoms with Crippen LogP contribution in [0.2, 0.25) is 0 Å². The van der Waals surface area contributed by atoms with Crippen molar-refractivity contribution in [3.8, 4) is 0 Å². The summed E-state index contributed by atoms with van der Waals surface area (Å²) < 4.78 is 0. The summed E-state index contributed by atoms with van der Waals surface area (Å²) >= 11 is 0. The summed E-state index contributed by atoms with van der Waals surface area (Å²) in [5.41, 5.74) is 4.99. The average molecular weight is 242 g/mol. The number of hydrogen-bond donors (Lipinski definition) is 2. The van der Waals surface area contributed by atoms with E-state index in [0.29, 0.717) is 6.54 Å². The van der Waals surface area contributed by atoms with Gasteiger partial charge in [0.1, 0.15) is 0 Å². The van der Waals surface area contributed by atoms with Gasteiger partial charge in [-0.25, -0.2) is 0 Å². The molecule has 0 unspecified atom stereocenters. The number of nitrogens with one attached hydrogen (secondary N) is 2. The summed E-state index contributed by atoms with van der Waals surface area (Å²) in [4.78, 5) is 15.2. The lowest BCUT2D eigenvalue weighted by atomic mass is 10.1. The number of carbonyl (C=O) groups is 1. The summed E-state index contributed by atoms with van der Waals surface area (Å²) in [5, 5.41) is 2.95. The molecule has 2 aromatic rings. The van der Waals surface area contributed by atoms with E-state index >= 15 is 0 Å². The quantitative estimate of drug-likeness (QED) is 0.854. The number of rotatable bonds is 3. The van der Waals surface area contributed by atoms with E-state index in [1.54, 1.807) is 0 Å². The van der Waals surface area contributed by atoms with Gasteiger partial charge < -0.3 is 10.3 Å². The van der Waals surface area contributed by atoms with Crippen molar-refractivity contribution < 1.29 is 4.79 Å². The summed E-state index contributed by atoms with van der Waals surface area (Å²) in [7, 11) is 0. The van der Waals surface area contributed by atoms with Crippen molar-refractivity contribution in [2.45, 2.75) is 27.3 Å². The van der Waals surface area contributed by atoms with Gasteiger partial charge in [-0.15, -0.1) is 0 Å². The van der Waals surface area contributed by atoms with Crippen molar-refractivity contribution in [3.05, 3.63) is 58.4 Å². The van der Waals surface area contributed by atoms with E-state index in [9.17, 15) is 4.79 Å². The maximum absolute atomic E-state index is 12.0. The number of amides is 1. The van der Waals surface area contributed by atoms with Crippen LogP contribution in [-0.4, -0.2) is 10.9 Å². The minimum atomic E-state index is -0.0277. The van der Waals surface area contributed by atoms with E-state index in [4.69, 9.17) is 0 Å². The van der Waals surface area contributed by atoms with Crippen molar-refractivity contribution in [2.75, 3.05) is 0 Å².